The van der Waals surface area contributed by atoms with Gasteiger partial charge in [0.2, 0.25) is 0 Å². The second-order valence-corrected chi connectivity index (χ2v) is 5.21. The van der Waals surface area contributed by atoms with Crippen LogP contribution in [-0.4, -0.2) is 19.7 Å². The highest BCUT2D eigenvalue weighted by molar-refractivity contribution is 5.89. The van der Waals surface area contributed by atoms with Crippen LogP contribution in [0.1, 0.15) is 17.5 Å². The average molecular weight is 298 g/mol. The normalized spacial score (nSPS) is 10.1. The number of rotatable bonds is 6. The fourth-order valence-electron chi connectivity index (χ4n) is 2.24. The Balaban J connectivity index is 1.71. The van der Waals surface area contributed by atoms with E-state index >= 15 is 0 Å². The number of urea groups is 1. The number of ether oxygens (including phenoxy) is 1. The van der Waals surface area contributed by atoms with Crippen LogP contribution in [0.25, 0.3) is 0 Å². The standard InChI is InChI=1S/C18H22N2O2/c1-14-6-3-7-15(12-14)8-5-11-19-18(21)20-16-9-4-10-17(13-16)22-2/h3-4,6-7,9-10,12-13H,5,8,11H2,1-2H3,(H2,19,20,21). The summed E-state index contributed by atoms with van der Waals surface area (Å²) in [5.41, 5.74) is 3.28. The number of hydrogen-bond acceptors (Lipinski definition) is 2. The van der Waals surface area contributed by atoms with E-state index in [0.717, 1.165) is 24.3 Å². The van der Waals surface area contributed by atoms with Crippen molar-refractivity contribution < 1.29 is 9.53 Å². The molecule has 0 aliphatic rings. The van der Waals surface area contributed by atoms with E-state index in [4.69, 9.17) is 4.74 Å². The van der Waals surface area contributed by atoms with Gasteiger partial charge in [-0.3, -0.25) is 0 Å². The molecule has 2 N–H and O–H groups in total. The molecule has 0 fully saturated rings. The maximum Gasteiger partial charge on any atom is 0.319 e. The van der Waals surface area contributed by atoms with Crippen molar-refractivity contribution in [2.24, 2.45) is 0 Å². The van der Waals surface area contributed by atoms with E-state index in [1.807, 2.05) is 18.2 Å². The summed E-state index contributed by atoms with van der Waals surface area (Å²) in [5.74, 6) is 0.720. The summed E-state index contributed by atoms with van der Waals surface area (Å²) in [6.45, 7) is 2.73. The smallest absolute Gasteiger partial charge is 0.319 e. The Morgan fingerprint density at radius 3 is 2.73 bits per heavy atom. The van der Waals surface area contributed by atoms with E-state index in [1.165, 1.54) is 11.1 Å². The Morgan fingerprint density at radius 1 is 1.14 bits per heavy atom. The van der Waals surface area contributed by atoms with Gasteiger partial charge in [0, 0.05) is 18.3 Å². The van der Waals surface area contributed by atoms with Gasteiger partial charge in [-0.2, -0.15) is 0 Å². The molecule has 22 heavy (non-hydrogen) atoms. The average Bonchev–Trinajstić information content (AvgIpc) is 2.52. The number of carbonyl (C=O) groups excluding carboxylic acids is 1. The van der Waals surface area contributed by atoms with Gasteiger partial charge in [-0.15, -0.1) is 0 Å². The third-order valence-corrected chi connectivity index (χ3v) is 3.34. The molecule has 0 aromatic heterocycles. The minimum absolute atomic E-state index is 0.197. The van der Waals surface area contributed by atoms with Crippen LogP contribution in [0.15, 0.2) is 48.5 Å². The third kappa shape index (κ3) is 5.13. The zero-order chi connectivity index (χ0) is 15.8. The lowest BCUT2D eigenvalue weighted by molar-refractivity contribution is 0.252. The van der Waals surface area contributed by atoms with Gasteiger partial charge in [-0.05, 0) is 37.5 Å². The van der Waals surface area contributed by atoms with Gasteiger partial charge in [-0.1, -0.05) is 35.9 Å². The minimum atomic E-state index is -0.197. The zero-order valence-electron chi connectivity index (χ0n) is 13.1. The van der Waals surface area contributed by atoms with Crippen molar-refractivity contribution in [3.63, 3.8) is 0 Å². The Kier molecular flexibility index (Phi) is 5.83. The monoisotopic (exact) mass is 298 g/mol. The Hall–Kier alpha value is -2.49. The second kappa shape index (κ2) is 8.08. The molecular weight excluding hydrogens is 276 g/mol. The molecule has 0 unspecified atom stereocenters. The molecule has 0 aliphatic heterocycles. The maximum atomic E-state index is 11.8. The molecule has 4 nitrogen and oxygen atoms in total. The molecule has 4 heteroatoms. The van der Waals surface area contributed by atoms with Crippen molar-refractivity contribution in [2.75, 3.05) is 19.0 Å². The number of anilines is 1. The molecule has 0 spiro atoms. The molecule has 0 saturated heterocycles. The van der Waals surface area contributed by atoms with Gasteiger partial charge >= 0.3 is 6.03 Å². The van der Waals surface area contributed by atoms with Crippen LogP contribution in [-0.2, 0) is 6.42 Å². The number of carbonyl (C=O) groups is 1. The highest BCUT2D eigenvalue weighted by Crippen LogP contribution is 2.16. The summed E-state index contributed by atoms with van der Waals surface area (Å²) in [5, 5.41) is 5.66. The van der Waals surface area contributed by atoms with Crippen molar-refractivity contribution in [3.05, 3.63) is 59.7 Å². The molecule has 2 aromatic rings. The fourth-order valence-corrected chi connectivity index (χ4v) is 2.24. The summed E-state index contributed by atoms with van der Waals surface area (Å²) in [4.78, 5) is 11.8. The van der Waals surface area contributed by atoms with Crippen LogP contribution in [0.4, 0.5) is 10.5 Å². The summed E-state index contributed by atoms with van der Waals surface area (Å²) in [6.07, 6.45) is 1.87. The lowest BCUT2D eigenvalue weighted by Gasteiger charge is -2.09. The summed E-state index contributed by atoms with van der Waals surface area (Å²) in [6, 6.07) is 15.5. The molecule has 0 saturated carbocycles. The van der Waals surface area contributed by atoms with Crippen LogP contribution >= 0.6 is 0 Å². The van der Waals surface area contributed by atoms with Crippen LogP contribution in [0.5, 0.6) is 5.75 Å². The molecule has 2 amide bonds. The van der Waals surface area contributed by atoms with Crippen molar-refractivity contribution in [1.29, 1.82) is 0 Å². The molecule has 2 aromatic carbocycles. The number of hydrogen-bond donors (Lipinski definition) is 2. The topological polar surface area (TPSA) is 50.4 Å². The lowest BCUT2D eigenvalue weighted by Crippen LogP contribution is -2.29. The van der Waals surface area contributed by atoms with Crippen LogP contribution < -0.4 is 15.4 Å². The van der Waals surface area contributed by atoms with Crippen LogP contribution in [0.3, 0.4) is 0 Å². The van der Waals surface area contributed by atoms with Crippen molar-refractivity contribution in [1.82, 2.24) is 5.32 Å². The lowest BCUT2D eigenvalue weighted by atomic mass is 10.1. The van der Waals surface area contributed by atoms with E-state index in [2.05, 4.69) is 41.8 Å². The summed E-state index contributed by atoms with van der Waals surface area (Å²) >= 11 is 0. The number of benzene rings is 2. The minimum Gasteiger partial charge on any atom is -0.497 e. The van der Waals surface area contributed by atoms with Crippen molar-refractivity contribution >= 4 is 11.7 Å². The van der Waals surface area contributed by atoms with E-state index in [1.54, 1.807) is 13.2 Å². The highest BCUT2D eigenvalue weighted by atomic mass is 16.5. The number of nitrogens with one attached hydrogen (secondary N) is 2. The molecular formula is C18H22N2O2. The van der Waals surface area contributed by atoms with E-state index in [-0.39, 0.29) is 6.03 Å². The number of methoxy groups -OCH3 is 1. The first kappa shape index (κ1) is 15.9. The largest absolute Gasteiger partial charge is 0.497 e. The van der Waals surface area contributed by atoms with Gasteiger partial charge in [0.25, 0.3) is 0 Å². The molecule has 0 bridgehead atoms. The van der Waals surface area contributed by atoms with Gasteiger partial charge in [0.05, 0.1) is 7.11 Å². The number of amides is 2. The van der Waals surface area contributed by atoms with E-state index < -0.39 is 0 Å². The van der Waals surface area contributed by atoms with Gasteiger partial charge < -0.3 is 15.4 Å². The van der Waals surface area contributed by atoms with Gasteiger partial charge in [-0.25, -0.2) is 4.79 Å². The van der Waals surface area contributed by atoms with Crippen LogP contribution in [0, 0.1) is 6.92 Å². The summed E-state index contributed by atoms with van der Waals surface area (Å²) in [7, 11) is 1.60. The first-order valence-electron chi connectivity index (χ1n) is 7.42. The van der Waals surface area contributed by atoms with Crippen LogP contribution in [0.2, 0.25) is 0 Å². The molecule has 0 heterocycles. The predicted octanol–water partition coefficient (Wildman–Crippen LogP) is 3.76. The number of aryl methyl sites for hydroxylation is 2. The second-order valence-electron chi connectivity index (χ2n) is 5.21. The van der Waals surface area contributed by atoms with E-state index in [9.17, 15) is 4.79 Å². The predicted molar refractivity (Wildman–Crippen MR) is 89.5 cm³/mol. The SMILES string of the molecule is COc1cccc(NC(=O)NCCCc2cccc(C)c2)c1. The molecule has 116 valence electrons. The fraction of sp³-hybridized carbons (Fsp3) is 0.278. The molecule has 0 radical (unpaired) electrons. The van der Waals surface area contributed by atoms with E-state index in [0.29, 0.717) is 6.54 Å². The van der Waals surface area contributed by atoms with Crippen molar-refractivity contribution in [3.8, 4) is 5.75 Å². The Morgan fingerprint density at radius 2 is 1.95 bits per heavy atom. The first-order chi connectivity index (χ1) is 10.7. The maximum absolute atomic E-state index is 11.8. The quantitative estimate of drug-likeness (QED) is 0.798. The Labute approximate surface area is 131 Å². The van der Waals surface area contributed by atoms with Gasteiger partial charge in [0.15, 0.2) is 0 Å². The first-order valence-corrected chi connectivity index (χ1v) is 7.42. The van der Waals surface area contributed by atoms with Gasteiger partial charge in [0.1, 0.15) is 5.75 Å². The molecule has 0 atom stereocenters. The highest BCUT2D eigenvalue weighted by Gasteiger charge is 2.02. The van der Waals surface area contributed by atoms with Crippen molar-refractivity contribution in [2.45, 2.75) is 19.8 Å². The third-order valence-electron chi connectivity index (χ3n) is 3.34. The zero-order valence-corrected chi connectivity index (χ0v) is 13.1. The molecule has 0 aliphatic carbocycles. The molecule has 2 rings (SSSR count). The summed E-state index contributed by atoms with van der Waals surface area (Å²) < 4.78 is 5.12. The Bertz CT molecular complexity index is 626.